The molecule has 0 spiro atoms. The summed E-state index contributed by atoms with van der Waals surface area (Å²) in [6, 6.07) is 3.35. The third kappa shape index (κ3) is 3.84. The molecule has 2 fully saturated rings. The van der Waals surface area contributed by atoms with E-state index in [1.165, 1.54) is 10.7 Å². The lowest BCUT2D eigenvalue weighted by Crippen LogP contribution is -2.39. The Hall–Kier alpha value is -2.55. The number of nitrogens with zero attached hydrogens (tertiary/aromatic N) is 4. The van der Waals surface area contributed by atoms with Gasteiger partial charge in [-0.2, -0.15) is 5.10 Å². The van der Waals surface area contributed by atoms with Crippen molar-refractivity contribution in [1.82, 2.24) is 19.2 Å². The number of aryl methyl sites for hydroxylation is 1. The van der Waals surface area contributed by atoms with E-state index < -0.39 is 11.6 Å². The Bertz CT molecular complexity index is 942. The van der Waals surface area contributed by atoms with Crippen molar-refractivity contribution in [3.05, 3.63) is 46.1 Å². The first-order chi connectivity index (χ1) is 13.4. The molecule has 1 aliphatic heterocycles. The van der Waals surface area contributed by atoms with Crippen molar-refractivity contribution in [2.45, 2.75) is 37.6 Å². The van der Waals surface area contributed by atoms with E-state index in [9.17, 15) is 18.4 Å². The summed E-state index contributed by atoms with van der Waals surface area (Å²) in [6.07, 6.45) is 3.66. The van der Waals surface area contributed by atoms with E-state index in [2.05, 4.69) is 10.4 Å². The van der Waals surface area contributed by atoms with Gasteiger partial charge in [-0.15, -0.1) is 0 Å². The van der Waals surface area contributed by atoms with Crippen molar-refractivity contribution in [3.8, 4) is 0 Å². The van der Waals surface area contributed by atoms with E-state index in [1.807, 2.05) is 9.47 Å². The molecule has 0 radical (unpaired) electrons. The summed E-state index contributed by atoms with van der Waals surface area (Å²) in [5, 5.41) is 6.94. The molecular formula is C19H23F2N5O2. The molecule has 9 heteroatoms. The fraction of sp³-hybridized carbons (Fsp3) is 0.526. The Labute approximate surface area is 160 Å². The van der Waals surface area contributed by atoms with E-state index in [-0.39, 0.29) is 35.8 Å². The second-order valence-electron chi connectivity index (χ2n) is 7.59. The van der Waals surface area contributed by atoms with Crippen LogP contribution in [0.15, 0.2) is 23.0 Å². The molecule has 1 aliphatic carbocycles. The van der Waals surface area contributed by atoms with Gasteiger partial charge in [-0.05, 0) is 50.9 Å². The summed E-state index contributed by atoms with van der Waals surface area (Å²) in [4.78, 5) is 26.5. The number of likely N-dealkylation sites (tertiary alicyclic amines) is 1. The van der Waals surface area contributed by atoms with Gasteiger partial charge in [0.25, 0.3) is 0 Å². The molecule has 1 aromatic carbocycles. The highest BCUT2D eigenvalue weighted by Crippen LogP contribution is 2.37. The van der Waals surface area contributed by atoms with E-state index in [4.69, 9.17) is 0 Å². The number of anilines is 1. The lowest BCUT2D eigenvalue weighted by Gasteiger charge is -2.31. The standard InChI is InChI=1S/C19H23F2N5O2/c1-24-19(28)26(14-3-4-14)18(23-24)12-6-8-25(9-7-12)11-17(27)22-16-5-2-13(20)10-15(16)21/h2,5,10,12,14H,3-4,6-9,11H2,1H3,(H,22,27). The van der Waals surface area contributed by atoms with Gasteiger partial charge in [0.15, 0.2) is 0 Å². The van der Waals surface area contributed by atoms with Crippen molar-refractivity contribution < 1.29 is 13.6 Å². The number of carbonyl (C=O) groups excluding carboxylic acids is 1. The first-order valence-electron chi connectivity index (χ1n) is 9.55. The average molecular weight is 391 g/mol. The normalized spacial score (nSPS) is 18.4. The van der Waals surface area contributed by atoms with Crippen LogP contribution in [0.2, 0.25) is 0 Å². The minimum atomic E-state index is -0.791. The molecule has 1 amide bonds. The van der Waals surface area contributed by atoms with Crippen LogP contribution in [-0.4, -0.2) is 44.8 Å². The van der Waals surface area contributed by atoms with E-state index in [0.717, 1.165) is 43.6 Å². The van der Waals surface area contributed by atoms with Gasteiger partial charge in [0.2, 0.25) is 5.91 Å². The first kappa shape index (κ1) is 18.8. The van der Waals surface area contributed by atoms with Crippen LogP contribution in [0.1, 0.15) is 43.5 Å². The molecule has 2 aliphatic rings. The van der Waals surface area contributed by atoms with Crippen LogP contribution in [0.4, 0.5) is 14.5 Å². The van der Waals surface area contributed by atoms with E-state index in [0.29, 0.717) is 13.1 Å². The Morgan fingerprint density at radius 2 is 1.93 bits per heavy atom. The summed E-state index contributed by atoms with van der Waals surface area (Å²) in [5.41, 5.74) is -0.0798. The largest absolute Gasteiger partial charge is 0.345 e. The Morgan fingerprint density at radius 1 is 1.21 bits per heavy atom. The number of aromatic nitrogens is 3. The number of benzene rings is 1. The Balaban J connectivity index is 1.34. The van der Waals surface area contributed by atoms with Gasteiger partial charge in [0.1, 0.15) is 17.5 Å². The maximum absolute atomic E-state index is 13.7. The zero-order valence-corrected chi connectivity index (χ0v) is 15.7. The predicted octanol–water partition coefficient (Wildman–Crippen LogP) is 2.01. The van der Waals surface area contributed by atoms with E-state index >= 15 is 0 Å². The molecule has 0 unspecified atom stereocenters. The minimum absolute atomic E-state index is 0.0248. The molecule has 1 saturated heterocycles. The van der Waals surface area contributed by atoms with Crippen LogP contribution in [0.3, 0.4) is 0 Å². The molecule has 1 aromatic heterocycles. The number of carbonyl (C=O) groups is 1. The SMILES string of the molecule is Cn1nc(C2CCN(CC(=O)Nc3ccc(F)cc3F)CC2)n(C2CC2)c1=O. The van der Waals surface area contributed by atoms with Crippen LogP contribution in [-0.2, 0) is 11.8 Å². The van der Waals surface area contributed by atoms with Gasteiger partial charge in [-0.25, -0.2) is 18.3 Å². The molecule has 1 saturated carbocycles. The maximum atomic E-state index is 13.7. The molecule has 0 bridgehead atoms. The van der Waals surface area contributed by atoms with Crippen LogP contribution >= 0.6 is 0 Å². The zero-order chi connectivity index (χ0) is 19.8. The molecule has 150 valence electrons. The maximum Gasteiger partial charge on any atom is 0.345 e. The second kappa shape index (κ2) is 7.46. The number of nitrogens with one attached hydrogen (secondary N) is 1. The van der Waals surface area contributed by atoms with Crippen LogP contribution in [0.25, 0.3) is 0 Å². The predicted molar refractivity (Wildman–Crippen MR) is 99.1 cm³/mol. The number of piperidine rings is 1. The molecule has 0 atom stereocenters. The highest BCUT2D eigenvalue weighted by atomic mass is 19.1. The van der Waals surface area contributed by atoms with Gasteiger partial charge in [-0.3, -0.25) is 14.3 Å². The summed E-state index contributed by atoms with van der Waals surface area (Å²) in [6.45, 7) is 1.53. The fourth-order valence-electron chi connectivity index (χ4n) is 3.79. The lowest BCUT2D eigenvalue weighted by atomic mass is 9.96. The molecule has 2 aromatic rings. The topological polar surface area (TPSA) is 72.2 Å². The zero-order valence-electron chi connectivity index (χ0n) is 15.7. The molecule has 4 rings (SSSR count). The fourth-order valence-corrected chi connectivity index (χ4v) is 3.79. The van der Waals surface area contributed by atoms with Crippen molar-refractivity contribution in [3.63, 3.8) is 0 Å². The van der Waals surface area contributed by atoms with Crippen molar-refractivity contribution >= 4 is 11.6 Å². The van der Waals surface area contributed by atoms with Gasteiger partial charge in [0, 0.05) is 25.1 Å². The van der Waals surface area contributed by atoms with Gasteiger partial charge >= 0.3 is 5.69 Å². The van der Waals surface area contributed by atoms with Crippen LogP contribution in [0.5, 0.6) is 0 Å². The second-order valence-corrected chi connectivity index (χ2v) is 7.59. The molecule has 1 N–H and O–H groups in total. The quantitative estimate of drug-likeness (QED) is 0.847. The molecule has 28 heavy (non-hydrogen) atoms. The third-order valence-corrected chi connectivity index (χ3v) is 5.42. The number of rotatable bonds is 5. The average Bonchev–Trinajstić information content (AvgIpc) is 3.44. The van der Waals surface area contributed by atoms with Crippen molar-refractivity contribution in [1.29, 1.82) is 0 Å². The molecule has 7 nitrogen and oxygen atoms in total. The first-order valence-corrected chi connectivity index (χ1v) is 9.55. The van der Waals surface area contributed by atoms with E-state index in [1.54, 1.807) is 7.05 Å². The highest BCUT2D eigenvalue weighted by molar-refractivity contribution is 5.92. The van der Waals surface area contributed by atoms with Crippen LogP contribution < -0.4 is 11.0 Å². The number of halogens is 2. The number of hydrogen-bond acceptors (Lipinski definition) is 4. The third-order valence-electron chi connectivity index (χ3n) is 5.42. The Kier molecular flexibility index (Phi) is 5.01. The smallest absolute Gasteiger partial charge is 0.322 e. The minimum Gasteiger partial charge on any atom is -0.322 e. The van der Waals surface area contributed by atoms with Crippen molar-refractivity contribution in [2.75, 3.05) is 25.0 Å². The summed E-state index contributed by atoms with van der Waals surface area (Å²) in [5.74, 6) is -0.760. The van der Waals surface area contributed by atoms with Crippen molar-refractivity contribution in [2.24, 2.45) is 7.05 Å². The summed E-state index contributed by atoms with van der Waals surface area (Å²) < 4.78 is 29.9. The lowest BCUT2D eigenvalue weighted by molar-refractivity contribution is -0.117. The van der Waals surface area contributed by atoms with Gasteiger partial charge in [0.05, 0.1) is 12.2 Å². The molecular weight excluding hydrogens is 368 g/mol. The number of hydrogen-bond donors (Lipinski definition) is 1. The summed E-state index contributed by atoms with van der Waals surface area (Å²) in [7, 11) is 1.68. The monoisotopic (exact) mass is 391 g/mol. The number of amides is 1. The Morgan fingerprint density at radius 3 is 2.57 bits per heavy atom. The highest BCUT2D eigenvalue weighted by Gasteiger charge is 2.33. The summed E-state index contributed by atoms with van der Waals surface area (Å²) >= 11 is 0. The van der Waals surface area contributed by atoms with Crippen LogP contribution in [0, 0.1) is 11.6 Å². The van der Waals surface area contributed by atoms with Gasteiger partial charge in [-0.1, -0.05) is 0 Å². The molecule has 2 heterocycles. The van der Waals surface area contributed by atoms with Gasteiger partial charge < -0.3 is 5.32 Å².